The molecule has 0 N–H and O–H groups in total. The number of thiazole rings is 1. The second-order valence-corrected chi connectivity index (χ2v) is 9.14. The van der Waals surface area contributed by atoms with Crippen molar-refractivity contribution in [1.29, 1.82) is 0 Å². The molecule has 1 aromatic heterocycles. The third-order valence-electron chi connectivity index (χ3n) is 5.52. The van der Waals surface area contributed by atoms with Crippen LogP contribution in [0.3, 0.4) is 0 Å². The fourth-order valence-corrected chi connectivity index (χ4v) is 5.00. The average molecular weight is 519 g/mol. The van der Waals surface area contributed by atoms with Crippen LogP contribution in [0.4, 0.5) is 0 Å². The zero-order chi connectivity index (χ0) is 26.5. The van der Waals surface area contributed by atoms with Gasteiger partial charge >= 0.3 is 11.9 Å². The lowest BCUT2D eigenvalue weighted by atomic mass is 9.96. The van der Waals surface area contributed by atoms with Gasteiger partial charge in [0.2, 0.25) is 0 Å². The highest BCUT2D eigenvalue weighted by molar-refractivity contribution is 7.07. The van der Waals surface area contributed by atoms with Crippen LogP contribution in [0.5, 0.6) is 11.5 Å². The smallest absolute Gasteiger partial charge is 0.338 e. The molecule has 3 aromatic rings. The molecule has 0 saturated carbocycles. The summed E-state index contributed by atoms with van der Waals surface area (Å²) in [5.41, 5.74) is 1.96. The van der Waals surface area contributed by atoms with Gasteiger partial charge in [0.1, 0.15) is 18.1 Å². The predicted octanol–water partition coefficient (Wildman–Crippen LogP) is 3.29. The van der Waals surface area contributed by atoms with E-state index in [4.69, 9.17) is 14.2 Å². The largest absolute Gasteiger partial charge is 0.490 e. The van der Waals surface area contributed by atoms with E-state index in [-0.39, 0.29) is 17.7 Å². The molecule has 2 aromatic carbocycles. The van der Waals surface area contributed by atoms with E-state index in [9.17, 15) is 14.4 Å². The summed E-state index contributed by atoms with van der Waals surface area (Å²) in [5, 5.41) is 0. The Bertz CT molecular complexity index is 1550. The van der Waals surface area contributed by atoms with E-state index in [0.717, 1.165) is 5.56 Å². The molecule has 0 spiro atoms. The Kier molecular flexibility index (Phi) is 7.83. The number of hydrogen-bond donors (Lipinski definition) is 0. The maximum absolute atomic E-state index is 13.7. The Morgan fingerprint density at radius 3 is 2.41 bits per heavy atom. The Labute approximate surface area is 217 Å². The van der Waals surface area contributed by atoms with Crippen molar-refractivity contribution >= 4 is 29.4 Å². The normalized spacial score (nSPS) is 15.0. The van der Waals surface area contributed by atoms with Crippen molar-refractivity contribution < 1.29 is 23.8 Å². The molecule has 4 rings (SSSR count). The number of rotatable bonds is 8. The van der Waals surface area contributed by atoms with Gasteiger partial charge < -0.3 is 14.2 Å². The molecule has 0 unspecified atom stereocenters. The van der Waals surface area contributed by atoms with Gasteiger partial charge in [-0.05, 0) is 55.3 Å². The van der Waals surface area contributed by atoms with Crippen LogP contribution in [-0.2, 0) is 14.3 Å². The van der Waals surface area contributed by atoms with Crippen molar-refractivity contribution in [2.24, 2.45) is 4.99 Å². The molecule has 37 heavy (non-hydrogen) atoms. The Morgan fingerprint density at radius 2 is 1.78 bits per heavy atom. The average Bonchev–Trinajstić information content (AvgIpc) is 3.17. The number of benzene rings is 2. The standard InChI is InChI=1S/C28H26N2O6S/c1-5-15-35-21-11-7-19(8-12-21)16-23-26(32)30-25(20-9-13-22(14-10-20)36-18(4)31)24(27(33)34-6-2)17(3)29-28(30)37-23/h5,7-14,16,25H,1,6,15H2,2-4H3/b23-16+/t25-/m1/s1. The van der Waals surface area contributed by atoms with Crippen molar-refractivity contribution in [3.63, 3.8) is 0 Å². The lowest BCUT2D eigenvalue weighted by molar-refractivity contribution is -0.139. The molecular weight excluding hydrogens is 492 g/mol. The van der Waals surface area contributed by atoms with Gasteiger partial charge in [-0.25, -0.2) is 9.79 Å². The van der Waals surface area contributed by atoms with Gasteiger partial charge in [0.05, 0.1) is 28.5 Å². The van der Waals surface area contributed by atoms with Gasteiger partial charge in [-0.3, -0.25) is 14.2 Å². The van der Waals surface area contributed by atoms with E-state index < -0.39 is 18.0 Å². The summed E-state index contributed by atoms with van der Waals surface area (Å²) in [4.78, 5) is 43.0. The number of hydrogen-bond acceptors (Lipinski definition) is 8. The second kappa shape index (κ2) is 11.2. The Morgan fingerprint density at radius 1 is 1.11 bits per heavy atom. The van der Waals surface area contributed by atoms with E-state index in [1.165, 1.54) is 22.8 Å². The molecule has 0 fully saturated rings. The van der Waals surface area contributed by atoms with E-state index in [2.05, 4.69) is 11.6 Å². The van der Waals surface area contributed by atoms with Crippen LogP contribution in [0.15, 0.2) is 82.2 Å². The topological polar surface area (TPSA) is 96.2 Å². The SMILES string of the molecule is C=CCOc1ccc(/C=c2/sc3n(c2=O)[C@H](c2ccc(OC(C)=O)cc2)C(C(=O)OCC)=C(C)N=3)cc1. The van der Waals surface area contributed by atoms with Crippen molar-refractivity contribution in [2.45, 2.75) is 26.8 Å². The van der Waals surface area contributed by atoms with Gasteiger partial charge in [-0.2, -0.15) is 0 Å². The zero-order valence-corrected chi connectivity index (χ0v) is 21.5. The van der Waals surface area contributed by atoms with Gasteiger partial charge in [0, 0.05) is 6.92 Å². The summed E-state index contributed by atoms with van der Waals surface area (Å²) in [7, 11) is 0. The molecule has 1 aliphatic rings. The van der Waals surface area contributed by atoms with Gasteiger partial charge in [0.25, 0.3) is 5.56 Å². The molecule has 0 radical (unpaired) electrons. The number of nitrogens with zero attached hydrogens (tertiary/aromatic N) is 2. The lowest BCUT2D eigenvalue weighted by Gasteiger charge is -2.24. The highest BCUT2D eigenvalue weighted by atomic mass is 32.1. The molecule has 190 valence electrons. The first-order valence-electron chi connectivity index (χ1n) is 11.6. The summed E-state index contributed by atoms with van der Waals surface area (Å²) < 4.78 is 18.0. The predicted molar refractivity (Wildman–Crippen MR) is 140 cm³/mol. The number of ether oxygens (including phenoxy) is 3. The fraction of sp³-hybridized carbons (Fsp3) is 0.214. The molecule has 9 heteroatoms. The molecule has 1 atom stereocenters. The van der Waals surface area contributed by atoms with Crippen LogP contribution in [0.25, 0.3) is 6.08 Å². The minimum Gasteiger partial charge on any atom is -0.490 e. The number of esters is 2. The Hall–Kier alpha value is -4.24. The first kappa shape index (κ1) is 25.8. The molecule has 0 amide bonds. The summed E-state index contributed by atoms with van der Waals surface area (Å²) in [5.74, 6) is 0.0826. The van der Waals surface area contributed by atoms with Crippen LogP contribution >= 0.6 is 11.3 Å². The quantitative estimate of drug-likeness (QED) is 0.258. The summed E-state index contributed by atoms with van der Waals surface area (Å²) >= 11 is 1.24. The van der Waals surface area contributed by atoms with Crippen LogP contribution < -0.4 is 24.4 Å². The summed E-state index contributed by atoms with van der Waals surface area (Å²) in [6.45, 7) is 9.00. The van der Waals surface area contributed by atoms with Crippen molar-refractivity contribution in [3.8, 4) is 11.5 Å². The minimum absolute atomic E-state index is 0.185. The van der Waals surface area contributed by atoms with Crippen molar-refractivity contribution in [3.05, 3.63) is 103 Å². The first-order chi connectivity index (χ1) is 17.8. The number of aromatic nitrogens is 1. The van der Waals surface area contributed by atoms with Crippen LogP contribution in [-0.4, -0.2) is 29.7 Å². The maximum Gasteiger partial charge on any atom is 0.338 e. The maximum atomic E-state index is 13.7. The number of carbonyl (C=O) groups is 2. The van der Waals surface area contributed by atoms with E-state index in [1.54, 1.807) is 50.3 Å². The summed E-state index contributed by atoms with van der Waals surface area (Å²) in [6, 6.07) is 13.3. The molecule has 1 aliphatic heterocycles. The number of fused-ring (bicyclic) bond motifs is 1. The van der Waals surface area contributed by atoms with Crippen LogP contribution in [0.1, 0.15) is 37.9 Å². The third kappa shape index (κ3) is 5.62. The number of allylic oxidation sites excluding steroid dienone is 1. The fourth-order valence-electron chi connectivity index (χ4n) is 3.96. The Balaban J connectivity index is 1.82. The van der Waals surface area contributed by atoms with E-state index in [1.807, 2.05) is 24.3 Å². The van der Waals surface area contributed by atoms with Crippen molar-refractivity contribution in [1.82, 2.24) is 4.57 Å². The van der Waals surface area contributed by atoms with Gasteiger partial charge in [0.15, 0.2) is 4.80 Å². The second-order valence-electron chi connectivity index (χ2n) is 8.13. The molecule has 0 saturated heterocycles. The lowest BCUT2D eigenvalue weighted by Crippen LogP contribution is -2.39. The minimum atomic E-state index is -0.751. The van der Waals surface area contributed by atoms with Gasteiger partial charge in [-0.1, -0.05) is 48.3 Å². The third-order valence-corrected chi connectivity index (χ3v) is 6.50. The molecule has 8 nitrogen and oxygen atoms in total. The highest BCUT2D eigenvalue weighted by Crippen LogP contribution is 2.31. The monoisotopic (exact) mass is 518 g/mol. The van der Waals surface area contributed by atoms with E-state index >= 15 is 0 Å². The summed E-state index contributed by atoms with van der Waals surface area (Å²) in [6.07, 6.45) is 3.45. The highest BCUT2D eigenvalue weighted by Gasteiger charge is 2.33. The molecular formula is C28H26N2O6S. The first-order valence-corrected chi connectivity index (χ1v) is 12.5. The van der Waals surface area contributed by atoms with Gasteiger partial charge in [-0.15, -0.1) is 0 Å². The van der Waals surface area contributed by atoms with Crippen LogP contribution in [0, 0.1) is 0 Å². The van der Waals surface area contributed by atoms with Crippen LogP contribution in [0.2, 0.25) is 0 Å². The molecule has 0 bridgehead atoms. The zero-order valence-electron chi connectivity index (χ0n) is 20.7. The van der Waals surface area contributed by atoms with Crippen molar-refractivity contribution in [2.75, 3.05) is 13.2 Å². The van der Waals surface area contributed by atoms with E-state index in [0.29, 0.717) is 38.7 Å². The molecule has 0 aliphatic carbocycles. The number of carbonyl (C=O) groups excluding carboxylic acids is 2. The molecule has 2 heterocycles.